The van der Waals surface area contributed by atoms with Crippen molar-refractivity contribution >= 4 is 57.8 Å². The molecule has 1 saturated carbocycles. The Labute approximate surface area is 180 Å². The molecule has 2 aromatic rings. The highest BCUT2D eigenvalue weighted by molar-refractivity contribution is 8.13. The molecule has 1 aliphatic heterocycles. The Balaban J connectivity index is 1.62. The number of carbonyl (C=O) groups excluding carboxylic acids is 1. The number of thioether (sulfide) groups is 1. The van der Waals surface area contributed by atoms with E-state index in [0.717, 1.165) is 24.2 Å². The third-order valence-corrected chi connectivity index (χ3v) is 6.40. The lowest BCUT2D eigenvalue weighted by atomic mass is 10.0. The van der Waals surface area contributed by atoms with Gasteiger partial charge in [0.15, 0.2) is 5.17 Å². The highest BCUT2D eigenvalue weighted by atomic mass is 35.5. The summed E-state index contributed by atoms with van der Waals surface area (Å²) >= 11 is 13.7. The Morgan fingerprint density at radius 3 is 2.76 bits per heavy atom. The fraction of sp³-hybridized carbons (Fsp3) is 0.263. The number of nitrogens with one attached hydrogen (secondary N) is 2. The van der Waals surface area contributed by atoms with Crippen LogP contribution < -0.4 is 10.6 Å². The monoisotopic (exact) mass is 450 g/mol. The van der Waals surface area contributed by atoms with Crippen LogP contribution in [0.4, 0.5) is 10.5 Å². The first kappa shape index (κ1) is 20.0. The van der Waals surface area contributed by atoms with Crippen molar-refractivity contribution < 1.29 is 14.7 Å². The summed E-state index contributed by atoms with van der Waals surface area (Å²) in [6.07, 6.45) is 1.95. The van der Waals surface area contributed by atoms with E-state index in [1.54, 1.807) is 30.3 Å². The molecule has 1 aromatic heterocycles. The van der Waals surface area contributed by atoms with E-state index in [-0.39, 0.29) is 17.5 Å². The van der Waals surface area contributed by atoms with E-state index in [0.29, 0.717) is 20.9 Å². The standard InChI is InChI=1S/C19H16Cl2N4O3S/c20-11-1-4-15(22-9-11)16(26)23-12-2-3-14(21)13(7-12)19-8-10(19)5-6-29-17(25-19)24-18(27)28/h1-4,7,9-10H,5-6,8H2,(H,23,26)(H,24,25)(H,27,28). The number of halogens is 2. The number of aliphatic imine (C=N–C) groups is 1. The number of carboxylic acid groups (broad SMARTS) is 1. The van der Waals surface area contributed by atoms with E-state index in [1.165, 1.54) is 18.0 Å². The normalized spacial score (nSPS) is 22.7. The summed E-state index contributed by atoms with van der Waals surface area (Å²) in [6, 6.07) is 8.36. The molecule has 1 aromatic carbocycles. The second-order valence-corrected chi connectivity index (χ2v) is 8.75. The molecule has 2 heterocycles. The molecule has 1 fully saturated rings. The van der Waals surface area contributed by atoms with Crippen molar-refractivity contribution in [3.63, 3.8) is 0 Å². The van der Waals surface area contributed by atoms with Crippen LogP contribution in [0.15, 0.2) is 41.5 Å². The quantitative estimate of drug-likeness (QED) is 0.632. The molecule has 0 spiro atoms. The van der Waals surface area contributed by atoms with Crippen LogP contribution in [0.5, 0.6) is 0 Å². The third-order valence-electron chi connectivity index (χ3n) is 4.94. The topological polar surface area (TPSA) is 104 Å². The van der Waals surface area contributed by atoms with Crippen molar-refractivity contribution in [2.75, 3.05) is 11.1 Å². The van der Waals surface area contributed by atoms with Crippen molar-refractivity contribution in [3.8, 4) is 0 Å². The minimum absolute atomic E-state index is 0.241. The molecule has 1 aliphatic carbocycles. The zero-order valence-corrected chi connectivity index (χ0v) is 17.3. The Bertz CT molecular complexity index is 1020. The summed E-state index contributed by atoms with van der Waals surface area (Å²) < 4.78 is 0. The lowest BCUT2D eigenvalue weighted by molar-refractivity contribution is 0.102. The van der Waals surface area contributed by atoms with E-state index in [9.17, 15) is 9.59 Å². The fourth-order valence-electron chi connectivity index (χ4n) is 3.49. The highest BCUT2D eigenvalue weighted by Crippen LogP contribution is 2.60. The molecule has 4 rings (SSSR count). The molecule has 0 saturated heterocycles. The lowest BCUT2D eigenvalue weighted by Gasteiger charge is -2.17. The van der Waals surface area contributed by atoms with Crippen LogP contribution in [0.2, 0.25) is 10.0 Å². The van der Waals surface area contributed by atoms with Crippen molar-refractivity contribution in [2.24, 2.45) is 10.9 Å². The number of pyridine rings is 1. The number of benzene rings is 1. The van der Waals surface area contributed by atoms with Gasteiger partial charge in [-0.3, -0.25) is 15.1 Å². The van der Waals surface area contributed by atoms with Gasteiger partial charge in [0, 0.05) is 28.2 Å². The molecule has 2 amide bonds. The molecule has 29 heavy (non-hydrogen) atoms. The van der Waals surface area contributed by atoms with Gasteiger partial charge >= 0.3 is 6.09 Å². The van der Waals surface area contributed by atoms with Crippen LogP contribution in [0.3, 0.4) is 0 Å². The number of anilines is 1. The van der Waals surface area contributed by atoms with Gasteiger partial charge in [0.2, 0.25) is 0 Å². The molecular weight excluding hydrogens is 435 g/mol. The number of carbonyl (C=O) groups is 2. The van der Waals surface area contributed by atoms with Gasteiger partial charge in [0.25, 0.3) is 5.91 Å². The Morgan fingerprint density at radius 1 is 1.21 bits per heavy atom. The van der Waals surface area contributed by atoms with Crippen LogP contribution in [0.1, 0.15) is 28.9 Å². The summed E-state index contributed by atoms with van der Waals surface area (Å²) in [5, 5.41) is 15.6. The van der Waals surface area contributed by atoms with Crippen LogP contribution in [0.25, 0.3) is 0 Å². The molecular formula is C19H16Cl2N4O3S. The smallest absolute Gasteiger partial charge is 0.410 e. The maximum atomic E-state index is 12.5. The zero-order chi connectivity index (χ0) is 20.6. The van der Waals surface area contributed by atoms with Gasteiger partial charge in [-0.05, 0) is 49.1 Å². The first-order chi connectivity index (χ1) is 13.9. The summed E-state index contributed by atoms with van der Waals surface area (Å²) in [5.41, 5.74) is 1.01. The van der Waals surface area contributed by atoms with Crippen molar-refractivity contribution in [3.05, 3.63) is 57.8 Å². The highest BCUT2D eigenvalue weighted by Gasteiger charge is 2.57. The predicted molar refractivity (Wildman–Crippen MR) is 114 cm³/mol. The molecule has 3 N–H and O–H groups in total. The predicted octanol–water partition coefficient (Wildman–Crippen LogP) is 4.62. The van der Waals surface area contributed by atoms with E-state index >= 15 is 0 Å². The number of hydrogen-bond donors (Lipinski definition) is 3. The average molecular weight is 451 g/mol. The van der Waals surface area contributed by atoms with Crippen molar-refractivity contribution in [2.45, 2.75) is 18.4 Å². The van der Waals surface area contributed by atoms with E-state index in [4.69, 9.17) is 33.3 Å². The number of fused-ring (bicyclic) bond motifs is 1. The van der Waals surface area contributed by atoms with Crippen molar-refractivity contribution in [1.29, 1.82) is 0 Å². The molecule has 150 valence electrons. The van der Waals surface area contributed by atoms with Gasteiger partial charge in [-0.2, -0.15) is 0 Å². The largest absolute Gasteiger partial charge is 0.465 e. The van der Waals surface area contributed by atoms with E-state index < -0.39 is 11.6 Å². The molecule has 0 bridgehead atoms. The second kappa shape index (κ2) is 7.85. The first-order valence-electron chi connectivity index (χ1n) is 8.83. The second-order valence-electron chi connectivity index (χ2n) is 6.82. The Kier molecular flexibility index (Phi) is 5.42. The first-order valence-corrected chi connectivity index (χ1v) is 10.6. The summed E-state index contributed by atoms with van der Waals surface area (Å²) in [4.78, 5) is 32.2. The van der Waals surface area contributed by atoms with Crippen LogP contribution in [0, 0.1) is 5.92 Å². The van der Waals surface area contributed by atoms with Crippen LogP contribution in [-0.2, 0) is 5.54 Å². The number of amidine groups is 1. The SMILES string of the molecule is O=C(O)NC1=NC2(c3cc(NC(=O)c4ccc(Cl)cn4)ccc3Cl)CC2CCS1. The van der Waals surface area contributed by atoms with Gasteiger partial charge in [-0.25, -0.2) is 9.78 Å². The van der Waals surface area contributed by atoms with Crippen molar-refractivity contribution in [1.82, 2.24) is 10.3 Å². The number of hydrogen-bond acceptors (Lipinski definition) is 5. The van der Waals surface area contributed by atoms with Gasteiger partial charge in [-0.15, -0.1) is 0 Å². The molecule has 10 heteroatoms. The number of nitrogens with zero attached hydrogens (tertiary/aromatic N) is 2. The summed E-state index contributed by atoms with van der Waals surface area (Å²) in [7, 11) is 0. The zero-order valence-electron chi connectivity index (χ0n) is 15.0. The molecule has 7 nitrogen and oxygen atoms in total. The van der Waals surface area contributed by atoms with Gasteiger partial charge in [0.1, 0.15) is 5.69 Å². The van der Waals surface area contributed by atoms with Crippen LogP contribution >= 0.6 is 35.0 Å². The van der Waals surface area contributed by atoms with Gasteiger partial charge < -0.3 is 10.4 Å². The lowest BCUT2D eigenvalue weighted by Crippen LogP contribution is -2.28. The Morgan fingerprint density at radius 2 is 2.03 bits per heavy atom. The molecule has 2 unspecified atom stereocenters. The summed E-state index contributed by atoms with van der Waals surface area (Å²) in [5.74, 6) is 0.694. The van der Waals surface area contributed by atoms with E-state index in [2.05, 4.69) is 15.6 Å². The third kappa shape index (κ3) is 4.19. The number of aromatic nitrogens is 1. The van der Waals surface area contributed by atoms with Crippen LogP contribution in [-0.4, -0.2) is 33.0 Å². The molecule has 2 aliphatic rings. The van der Waals surface area contributed by atoms with Gasteiger partial charge in [-0.1, -0.05) is 35.0 Å². The minimum atomic E-state index is -1.15. The molecule has 2 atom stereocenters. The number of rotatable bonds is 3. The Hall–Kier alpha value is -2.29. The maximum Gasteiger partial charge on any atom is 0.410 e. The molecule has 0 radical (unpaired) electrons. The summed E-state index contributed by atoms with van der Waals surface area (Å²) in [6.45, 7) is 0. The van der Waals surface area contributed by atoms with Gasteiger partial charge in [0.05, 0.1) is 10.6 Å². The maximum absolute atomic E-state index is 12.5. The fourth-order valence-corrected chi connectivity index (χ4v) is 4.87. The number of amides is 2. The average Bonchev–Trinajstić information content (AvgIpc) is 3.38. The van der Waals surface area contributed by atoms with E-state index in [1.807, 2.05) is 0 Å². The minimum Gasteiger partial charge on any atom is -0.465 e.